The zero-order valence-electron chi connectivity index (χ0n) is 21.9. The smallest absolute Gasteiger partial charge is 0.379 e. The van der Waals surface area contributed by atoms with Gasteiger partial charge in [0, 0.05) is 31.6 Å². The summed E-state index contributed by atoms with van der Waals surface area (Å²) in [5.74, 6) is 0.533. The number of H-pyrrole nitrogens is 1. The summed E-state index contributed by atoms with van der Waals surface area (Å²) in [6.07, 6.45) is 2.31. The highest BCUT2D eigenvalue weighted by Crippen LogP contribution is 2.31. The van der Waals surface area contributed by atoms with Crippen LogP contribution in [0.25, 0.3) is 22.5 Å². The zero-order valence-corrected chi connectivity index (χ0v) is 21.9. The molecule has 9 nitrogen and oxygen atoms in total. The zero-order chi connectivity index (χ0) is 26.5. The normalized spacial score (nSPS) is 14.2. The van der Waals surface area contributed by atoms with E-state index in [2.05, 4.69) is 28.9 Å². The van der Waals surface area contributed by atoms with Gasteiger partial charge in [-0.15, -0.1) is 0 Å². The van der Waals surface area contributed by atoms with Crippen molar-refractivity contribution in [1.82, 2.24) is 24.6 Å². The molecule has 1 saturated heterocycles. The first-order chi connectivity index (χ1) is 18.6. The van der Waals surface area contributed by atoms with Crippen molar-refractivity contribution in [2.75, 3.05) is 26.3 Å². The van der Waals surface area contributed by atoms with E-state index in [1.54, 1.807) is 0 Å². The van der Waals surface area contributed by atoms with Crippen LogP contribution in [0.5, 0.6) is 0 Å². The molecule has 38 heavy (non-hydrogen) atoms. The predicted octanol–water partition coefficient (Wildman–Crippen LogP) is 3.65. The predicted molar refractivity (Wildman–Crippen MR) is 145 cm³/mol. The van der Waals surface area contributed by atoms with Crippen LogP contribution in [0.3, 0.4) is 0 Å². The first-order valence-electron chi connectivity index (χ1n) is 13.2. The summed E-state index contributed by atoms with van der Waals surface area (Å²) < 4.78 is 12.1. The molecule has 4 aromatic rings. The van der Waals surface area contributed by atoms with Crippen molar-refractivity contribution in [3.63, 3.8) is 0 Å². The minimum atomic E-state index is -0.613. The molecule has 0 saturated carbocycles. The van der Waals surface area contributed by atoms with Crippen molar-refractivity contribution in [2.45, 2.75) is 46.2 Å². The second-order valence-electron chi connectivity index (χ2n) is 9.53. The first-order valence-corrected chi connectivity index (χ1v) is 13.2. The van der Waals surface area contributed by atoms with Crippen molar-refractivity contribution < 1.29 is 9.26 Å². The van der Waals surface area contributed by atoms with E-state index < -0.39 is 5.76 Å². The second-order valence-corrected chi connectivity index (χ2v) is 9.53. The van der Waals surface area contributed by atoms with Gasteiger partial charge in [0.15, 0.2) is 5.82 Å². The lowest BCUT2D eigenvalue weighted by molar-refractivity contribution is 0.0337. The fourth-order valence-corrected chi connectivity index (χ4v) is 4.98. The fourth-order valence-electron chi connectivity index (χ4n) is 4.98. The highest BCUT2D eigenvalue weighted by molar-refractivity contribution is 5.80. The largest absolute Gasteiger partial charge is 0.439 e. The SMILES string of the molecule is CCCc1nc(CC)c(CN2CCOCC2)c(=O)n1Cc1ccc(-c2ccccc2)c(-c2noc(=O)[nH]2)c1. The molecule has 1 aliphatic rings. The molecule has 1 aliphatic heterocycles. The van der Waals surface area contributed by atoms with E-state index in [9.17, 15) is 9.59 Å². The minimum Gasteiger partial charge on any atom is -0.379 e. The quantitative estimate of drug-likeness (QED) is 0.363. The summed E-state index contributed by atoms with van der Waals surface area (Å²) in [4.78, 5) is 35.6. The molecule has 2 aromatic heterocycles. The van der Waals surface area contributed by atoms with Crippen LogP contribution in [-0.2, 0) is 30.7 Å². The van der Waals surface area contributed by atoms with Gasteiger partial charge in [0.1, 0.15) is 5.82 Å². The van der Waals surface area contributed by atoms with E-state index in [1.807, 2.05) is 53.1 Å². The van der Waals surface area contributed by atoms with E-state index in [-0.39, 0.29) is 5.56 Å². The molecule has 0 aliphatic carbocycles. The molecule has 0 unspecified atom stereocenters. The molecule has 5 rings (SSSR count). The number of ether oxygens (including phenoxy) is 1. The number of rotatable bonds is 9. The van der Waals surface area contributed by atoms with Crippen molar-refractivity contribution in [2.24, 2.45) is 0 Å². The van der Waals surface area contributed by atoms with Crippen LogP contribution in [-0.4, -0.2) is 50.9 Å². The molecule has 0 spiro atoms. The topological polar surface area (TPSA) is 106 Å². The monoisotopic (exact) mass is 515 g/mol. The Morgan fingerprint density at radius 3 is 2.45 bits per heavy atom. The van der Waals surface area contributed by atoms with E-state index in [1.165, 1.54) is 0 Å². The molecule has 2 aromatic carbocycles. The lowest BCUT2D eigenvalue weighted by Crippen LogP contribution is -2.39. The van der Waals surface area contributed by atoms with Gasteiger partial charge in [-0.05, 0) is 35.6 Å². The maximum Gasteiger partial charge on any atom is 0.439 e. The number of morpholine rings is 1. The number of nitrogens with one attached hydrogen (secondary N) is 1. The molecule has 9 heteroatoms. The van der Waals surface area contributed by atoms with Crippen LogP contribution in [0.2, 0.25) is 0 Å². The third-order valence-electron chi connectivity index (χ3n) is 6.93. The van der Waals surface area contributed by atoms with Gasteiger partial charge in [0.25, 0.3) is 5.56 Å². The molecule has 3 heterocycles. The minimum absolute atomic E-state index is 0.00956. The Morgan fingerprint density at radius 1 is 0.974 bits per heavy atom. The maximum atomic E-state index is 14.0. The molecule has 0 radical (unpaired) electrons. The number of hydrogen-bond donors (Lipinski definition) is 1. The summed E-state index contributed by atoms with van der Waals surface area (Å²) in [6, 6.07) is 15.9. The Bertz CT molecular complexity index is 1500. The highest BCUT2D eigenvalue weighted by Gasteiger charge is 2.20. The Labute approximate surface area is 221 Å². The van der Waals surface area contributed by atoms with Crippen molar-refractivity contribution in [3.8, 4) is 22.5 Å². The summed E-state index contributed by atoms with van der Waals surface area (Å²) in [6.45, 7) is 8.05. The number of aromatic amines is 1. The Kier molecular flexibility index (Phi) is 7.95. The summed E-state index contributed by atoms with van der Waals surface area (Å²) >= 11 is 0. The van der Waals surface area contributed by atoms with Crippen LogP contribution in [0.1, 0.15) is 42.9 Å². The lowest BCUT2D eigenvalue weighted by atomic mass is 9.97. The van der Waals surface area contributed by atoms with Gasteiger partial charge in [-0.3, -0.25) is 23.8 Å². The Morgan fingerprint density at radius 2 is 1.76 bits per heavy atom. The number of hydrogen-bond acceptors (Lipinski definition) is 7. The van der Waals surface area contributed by atoms with Crippen molar-refractivity contribution in [3.05, 3.63) is 92.1 Å². The van der Waals surface area contributed by atoms with Gasteiger partial charge in [0.2, 0.25) is 0 Å². The number of aromatic nitrogens is 4. The standard InChI is InChI=1S/C29H33N5O4/c1-3-8-26-30-25(4-2)24(19-33-13-15-37-16-14-33)28(35)34(26)18-20-11-12-22(21-9-6-5-7-10-21)23(17-20)27-31-29(36)38-32-27/h5-7,9-12,17H,3-4,8,13-16,18-19H2,1-2H3,(H,31,32,36). The van der Waals surface area contributed by atoms with Gasteiger partial charge in [-0.2, -0.15) is 0 Å². The lowest BCUT2D eigenvalue weighted by Gasteiger charge is -2.27. The average Bonchev–Trinajstić information content (AvgIpc) is 3.39. The van der Waals surface area contributed by atoms with E-state index in [0.717, 1.165) is 58.8 Å². The fraction of sp³-hybridized carbons (Fsp3) is 0.379. The number of nitrogens with zero attached hydrogens (tertiary/aromatic N) is 4. The third-order valence-corrected chi connectivity index (χ3v) is 6.93. The highest BCUT2D eigenvalue weighted by atomic mass is 16.5. The van der Waals surface area contributed by atoms with E-state index in [4.69, 9.17) is 14.2 Å². The number of aryl methyl sites for hydroxylation is 2. The van der Waals surface area contributed by atoms with Gasteiger partial charge in [0.05, 0.1) is 31.0 Å². The van der Waals surface area contributed by atoms with Crippen LogP contribution >= 0.6 is 0 Å². The third kappa shape index (κ3) is 5.54. The molecular formula is C29H33N5O4. The molecule has 198 valence electrons. The van der Waals surface area contributed by atoms with Crippen LogP contribution in [0.15, 0.2) is 62.6 Å². The van der Waals surface area contributed by atoms with Gasteiger partial charge < -0.3 is 4.74 Å². The van der Waals surface area contributed by atoms with Crippen LogP contribution in [0.4, 0.5) is 0 Å². The summed E-state index contributed by atoms with van der Waals surface area (Å²) in [7, 11) is 0. The second kappa shape index (κ2) is 11.7. The Hall–Kier alpha value is -3.82. The van der Waals surface area contributed by atoms with Crippen LogP contribution < -0.4 is 11.3 Å². The van der Waals surface area contributed by atoms with Crippen molar-refractivity contribution in [1.29, 1.82) is 0 Å². The van der Waals surface area contributed by atoms with Gasteiger partial charge in [-0.1, -0.05) is 61.5 Å². The molecule has 0 amide bonds. The maximum absolute atomic E-state index is 14.0. The van der Waals surface area contributed by atoms with Crippen LogP contribution in [0, 0.1) is 0 Å². The summed E-state index contributed by atoms with van der Waals surface area (Å²) in [5.41, 5.74) is 5.19. The van der Waals surface area contributed by atoms with Gasteiger partial charge in [-0.25, -0.2) is 9.78 Å². The van der Waals surface area contributed by atoms with E-state index in [0.29, 0.717) is 45.0 Å². The average molecular weight is 516 g/mol. The van der Waals surface area contributed by atoms with E-state index >= 15 is 0 Å². The molecule has 0 atom stereocenters. The first kappa shape index (κ1) is 25.8. The molecule has 1 N–H and O–H groups in total. The van der Waals surface area contributed by atoms with Crippen molar-refractivity contribution >= 4 is 0 Å². The molecule has 0 bridgehead atoms. The Balaban J connectivity index is 1.58. The van der Waals surface area contributed by atoms with Gasteiger partial charge >= 0.3 is 5.76 Å². The molecular weight excluding hydrogens is 482 g/mol. The number of benzene rings is 2. The summed E-state index contributed by atoms with van der Waals surface area (Å²) in [5, 5.41) is 3.95. The molecule has 1 fully saturated rings.